The molecule has 0 heterocycles. The minimum atomic E-state index is -0.228. The van der Waals surface area contributed by atoms with Crippen molar-refractivity contribution in [1.82, 2.24) is 0 Å². The van der Waals surface area contributed by atoms with Gasteiger partial charge in [-0.3, -0.25) is 9.59 Å². The summed E-state index contributed by atoms with van der Waals surface area (Å²) >= 11 is 7.21. The molecule has 0 aliphatic rings. The summed E-state index contributed by atoms with van der Waals surface area (Å²) in [5, 5.41) is -0.456. The number of thiol groups is 2. The molecule has 2 nitrogen and oxygen atoms in total. The number of rotatable bonds is 4. The normalized spacial score (nSPS) is 10.3. The Morgan fingerprint density at radius 3 is 1.23 bits per heavy atom. The molecule has 112 valence electrons. The molecule has 0 spiro atoms. The van der Waals surface area contributed by atoms with Crippen LogP contribution in [0.2, 0.25) is 0 Å². The first-order valence-corrected chi connectivity index (χ1v) is 7.39. The summed E-state index contributed by atoms with van der Waals surface area (Å²) in [4.78, 5) is 20.8. The Kier molecular flexibility index (Phi) is 8.72. The zero-order chi connectivity index (χ0) is 16.2. The van der Waals surface area contributed by atoms with Crippen molar-refractivity contribution in [1.29, 1.82) is 0 Å². The summed E-state index contributed by atoms with van der Waals surface area (Å²) in [7, 11) is 0. The summed E-state index contributed by atoms with van der Waals surface area (Å²) in [5.74, 6) is 0. The number of carbonyl (C=O) groups is 2. The smallest absolute Gasteiger partial charge is 0.209 e. The van der Waals surface area contributed by atoms with E-state index in [-0.39, 0.29) is 10.2 Å². The van der Waals surface area contributed by atoms with Crippen LogP contribution in [0.1, 0.15) is 11.1 Å². The fourth-order valence-corrected chi connectivity index (χ4v) is 1.61. The lowest BCUT2D eigenvalue weighted by Gasteiger charge is -1.88. The van der Waals surface area contributed by atoms with Gasteiger partial charge in [0, 0.05) is 0 Å². The molecule has 2 rings (SSSR count). The zero-order valence-electron chi connectivity index (χ0n) is 11.8. The summed E-state index contributed by atoms with van der Waals surface area (Å²) in [6, 6.07) is 19.2. The van der Waals surface area contributed by atoms with E-state index in [0.29, 0.717) is 0 Å². The fourth-order valence-electron chi connectivity index (χ4n) is 1.46. The largest absolute Gasteiger partial charge is 0.283 e. The van der Waals surface area contributed by atoms with Gasteiger partial charge in [-0.05, 0) is 23.3 Å². The lowest BCUT2D eigenvalue weighted by Crippen LogP contribution is -1.75. The van der Waals surface area contributed by atoms with Gasteiger partial charge < -0.3 is 0 Å². The van der Waals surface area contributed by atoms with Gasteiger partial charge in [-0.2, -0.15) is 0 Å². The van der Waals surface area contributed by atoms with Gasteiger partial charge in [-0.1, -0.05) is 72.8 Å². The van der Waals surface area contributed by atoms with Crippen LogP contribution < -0.4 is 0 Å². The molecule has 0 atom stereocenters. The lowest BCUT2D eigenvalue weighted by molar-refractivity contribution is -0.107. The van der Waals surface area contributed by atoms with Gasteiger partial charge >= 0.3 is 0 Å². The van der Waals surface area contributed by atoms with Crippen molar-refractivity contribution >= 4 is 47.6 Å². The van der Waals surface area contributed by atoms with Crippen LogP contribution in [-0.4, -0.2) is 10.2 Å². The molecule has 0 aliphatic carbocycles. The maximum Gasteiger partial charge on any atom is 0.209 e. The van der Waals surface area contributed by atoms with Gasteiger partial charge in [0.2, 0.25) is 10.2 Å². The van der Waals surface area contributed by atoms with Crippen LogP contribution in [0.15, 0.2) is 72.8 Å². The third kappa shape index (κ3) is 9.00. The van der Waals surface area contributed by atoms with E-state index in [0.717, 1.165) is 11.1 Å². The van der Waals surface area contributed by atoms with E-state index in [1.54, 1.807) is 12.2 Å². The maximum atomic E-state index is 10.4. The average Bonchev–Trinajstić information content (AvgIpc) is 2.53. The Hall–Kier alpha value is -2.04. The monoisotopic (exact) mass is 328 g/mol. The van der Waals surface area contributed by atoms with E-state index in [2.05, 4.69) is 25.3 Å². The summed E-state index contributed by atoms with van der Waals surface area (Å²) in [5.41, 5.74) is 2.02. The molecule has 0 fully saturated rings. The van der Waals surface area contributed by atoms with Gasteiger partial charge in [0.05, 0.1) is 0 Å². The van der Waals surface area contributed by atoms with Gasteiger partial charge in [-0.25, -0.2) is 0 Å². The van der Waals surface area contributed by atoms with Crippen molar-refractivity contribution in [2.24, 2.45) is 0 Å². The van der Waals surface area contributed by atoms with Crippen LogP contribution in [0, 0.1) is 0 Å². The third-order valence-corrected chi connectivity index (χ3v) is 2.73. The summed E-state index contributed by atoms with van der Waals surface area (Å²) in [6.45, 7) is 0. The van der Waals surface area contributed by atoms with Gasteiger partial charge in [0.1, 0.15) is 0 Å². The Bertz CT molecular complexity index is 588. The zero-order valence-corrected chi connectivity index (χ0v) is 13.6. The molecule has 4 heteroatoms. The second-order valence-electron chi connectivity index (χ2n) is 4.16. The van der Waals surface area contributed by atoms with E-state index in [9.17, 15) is 9.59 Å². The standard InChI is InChI=1S/2C9H8OS/c2*10-9(11)7-6-8-4-2-1-3-5-8/h2*1-7H,(H,10,11). The topological polar surface area (TPSA) is 34.1 Å². The molecular formula is C18H16O2S2. The number of benzene rings is 2. The van der Waals surface area contributed by atoms with Crippen molar-refractivity contribution in [2.45, 2.75) is 0 Å². The van der Waals surface area contributed by atoms with Crippen molar-refractivity contribution in [3.05, 3.63) is 83.9 Å². The summed E-state index contributed by atoms with van der Waals surface area (Å²) < 4.78 is 0. The molecule has 2 aromatic rings. The van der Waals surface area contributed by atoms with Crippen molar-refractivity contribution in [3.63, 3.8) is 0 Å². The van der Waals surface area contributed by atoms with Crippen molar-refractivity contribution < 1.29 is 9.59 Å². The van der Waals surface area contributed by atoms with Crippen LogP contribution in [0.5, 0.6) is 0 Å². The molecular weight excluding hydrogens is 312 g/mol. The maximum absolute atomic E-state index is 10.4. The van der Waals surface area contributed by atoms with Crippen molar-refractivity contribution in [3.8, 4) is 0 Å². The van der Waals surface area contributed by atoms with Crippen LogP contribution in [0.4, 0.5) is 0 Å². The van der Waals surface area contributed by atoms with E-state index in [1.807, 2.05) is 60.7 Å². The molecule has 0 aromatic heterocycles. The average molecular weight is 328 g/mol. The Balaban J connectivity index is 0.000000220. The molecule has 0 bridgehead atoms. The van der Waals surface area contributed by atoms with Crippen LogP contribution >= 0.6 is 25.3 Å². The predicted molar refractivity (Wildman–Crippen MR) is 98.9 cm³/mol. The van der Waals surface area contributed by atoms with E-state index >= 15 is 0 Å². The summed E-state index contributed by atoms with van der Waals surface area (Å²) in [6.07, 6.45) is 6.32. The second-order valence-corrected chi connectivity index (χ2v) is 5.05. The van der Waals surface area contributed by atoms with Crippen LogP contribution in [0.3, 0.4) is 0 Å². The Morgan fingerprint density at radius 1 is 0.636 bits per heavy atom. The van der Waals surface area contributed by atoms with E-state index in [1.165, 1.54) is 12.2 Å². The fraction of sp³-hybridized carbons (Fsp3) is 0. The molecule has 0 unspecified atom stereocenters. The van der Waals surface area contributed by atoms with Gasteiger partial charge in [0.15, 0.2) is 0 Å². The molecule has 0 saturated carbocycles. The lowest BCUT2D eigenvalue weighted by atomic mass is 10.2. The Morgan fingerprint density at radius 2 is 0.955 bits per heavy atom. The Labute approximate surface area is 141 Å². The van der Waals surface area contributed by atoms with E-state index in [4.69, 9.17) is 0 Å². The molecule has 0 aliphatic heterocycles. The van der Waals surface area contributed by atoms with Crippen LogP contribution in [-0.2, 0) is 9.59 Å². The highest BCUT2D eigenvalue weighted by Gasteiger charge is 1.85. The highest BCUT2D eigenvalue weighted by Crippen LogP contribution is 2.01. The molecule has 22 heavy (non-hydrogen) atoms. The first kappa shape index (κ1) is 18.0. The first-order chi connectivity index (χ1) is 10.6. The minimum absolute atomic E-state index is 0.228. The molecule has 0 saturated heterocycles. The SMILES string of the molecule is O=C(S)C=Cc1ccccc1.O=C(S)C=Cc1ccccc1. The quantitative estimate of drug-likeness (QED) is 0.648. The highest BCUT2D eigenvalue weighted by molar-refractivity contribution is 7.97. The first-order valence-electron chi connectivity index (χ1n) is 6.50. The third-order valence-electron chi connectivity index (χ3n) is 2.44. The molecule has 0 radical (unpaired) electrons. The highest BCUT2D eigenvalue weighted by atomic mass is 32.1. The number of carbonyl (C=O) groups excluding carboxylic acids is 2. The van der Waals surface area contributed by atoms with E-state index < -0.39 is 0 Å². The van der Waals surface area contributed by atoms with Crippen molar-refractivity contribution in [2.75, 3.05) is 0 Å². The number of hydrogen-bond acceptors (Lipinski definition) is 2. The van der Waals surface area contributed by atoms with Gasteiger partial charge in [-0.15, -0.1) is 25.3 Å². The number of hydrogen-bond donors (Lipinski definition) is 2. The second kappa shape index (κ2) is 10.7. The molecule has 2 aromatic carbocycles. The van der Waals surface area contributed by atoms with Crippen LogP contribution in [0.25, 0.3) is 12.2 Å². The van der Waals surface area contributed by atoms with Gasteiger partial charge in [0.25, 0.3) is 0 Å². The molecule has 0 amide bonds. The predicted octanol–water partition coefficient (Wildman–Crippen LogP) is 4.31. The molecule has 0 N–H and O–H groups in total. The minimum Gasteiger partial charge on any atom is -0.283 e.